The molecule has 0 aliphatic carbocycles. The van der Waals surface area contributed by atoms with Crippen LogP contribution in [0.15, 0.2) is 24.3 Å². The van der Waals surface area contributed by atoms with Gasteiger partial charge in [-0.25, -0.2) is 0 Å². The van der Waals surface area contributed by atoms with Crippen molar-refractivity contribution in [1.82, 2.24) is 5.32 Å². The number of hydrogen-bond acceptors (Lipinski definition) is 2. The van der Waals surface area contributed by atoms with Gasteiger partial charge < -0.3 is 10.1 Å². The van der Waals surface area contributed by atoms with Gasteiger partial charge in [-0.05, 0) is 19.5 Å². The van der Waals surface area contributed by atoms with Gasteiger partial charge in [-0.2, -0.15) is 13.2 Å². The first-order valence-electron chi connectivity index (χ1n) is 5.80. The molecule has 0 saturated heterocycles. The Labute approximate surface area is 105 Å². The SMILES string of the molecule is CNC(COCCC(F)(F)F)c1ccc(C)cc1. The number of rotatable bonds is 6. The van der Waals surface area contributed by atoms with Crippen molar-refractivity contribution in [1.29, 1.82) is 0 Å². The molecular formula is C13H18F3NO. The fourth-order valence-electron chi connectivity index (χ4n) is 1.53. The molecule has 18 heavy (non-hydrogen) atoms. The minimum Gasteiger partial charge on any atom is -0.379 e. The third-order valence-corrected chi connectivity index (χ3v) is 2.64. The highest BCUT2D eigenvalue weighted by Gasteiger charge is 2.26. The predicted octanol–water partition coefficient (Wildman–Crippen LogP) is 3.22. The van der Waals surface area contributed by atoms with E-state index in [-0.39, 0.29) is 19.3 Å². The van der Waals surface area contributed by atoms with Gasteiger partial charge in [0.05, 0.1) is 25.7 Å². The lowest BCUT2D eigenvalue weighted by Crippen LogP contribution is -2.23. The van der Waals surface area contributed by atoms with Crippen LogP contribution in [0.25, 0.3) is 0 Å². The topological polar surface area (TPSA) is 21.3 Å². The molecule has 1 aromatic carbocycles. The molecule has 0 heterocycles. The molecule has 1 rings (SSSR count). The number of benzene rings is 1. The largest absolute Gasteiger partial charge is 0.391 e. The number of aryl methyl sites for hydroxylation is 1. The second-order valence-corrected chi connectivity index (χ2v) is 4.19. The molecular weight excluding hydrogens is 243 g/mol. The molecule has 0 aromatic heterocycles. The number of hydrogen-bond donors (Lipinski definition) is 1. The average Bonchev–Trinajstić information content (AvgIpc) is 2.29. The van der Waals surface area contributed by atoms with Crippen LogP contribution in [0.5, 0.6) is 0 Å². The van der Waals surface area contributed by atoms with Gasteiger partial charge in [0.2, 0.25) is 0 Å². The Bertz CT molecular complexity index is 348. The Kier molecular flexibility index (Phi) is 5.62. The van der Waals surface area contributed by atoms with Crippen LogP contribution < -0.4 is 5.32 Å². The summed E-state index contributed by atoms with van der Waals surface area (Å²) >= 11 is 0. The van der Waals surface area contributed by atoms with Gasteiger partial charge in [0.25, 0.3) is 0 Å². The van der Waals surface area contributed by atoms with Gasteiger partial charge in [-0.1, -0.05) is 29.8 Å². The van der Waals surface area contributed by atoms with Crippen molar-refractivity contribution in [2.24, 2.45) is 0 Å². The summed E-state index contributed by atoms with van der Waals surface area (Å²) in [5.74, 6) is 0. The van der Waals surface area contributed by atoms with Crippen LogP contribution in [0, 0.1) is 6.92 Å². The second kappa shape index (κ2) is 6.75. The summed E-state index contributed by atoms with van der Waals surface area (Å²) in [7, 11) is 1.76. The Morgan fingerprint density at radius 1 is 1.22 bits per heavy atom. The summed E-state index contributed by atoms with van der Waals surface area (Å²) in [5, 5.41) is 3.03. The summed E-state index contributed by atoms with van der Waals surface area (Å²) in [5.41, 5.74) is 2.15. The number of alkyl halides is 3. The number of nitrogens with one attached hydrogen (secondary N) is 1. The lowest BCUT2D eigenvalue weighted by Gasteiger charge is -2.17. The van der Waals surface area contributed by atoms with Crippen molar-refractivity contribution in [2.75, 3.05) is 20.3 Å². The van der Waals surface area contributed by atoms with Crippen molar-refractivity contribution in [2.45, 2.75) is 25.6 Å². The second-order valence-electron chi connectivity index (χ2n) is 4.19. The maximum Gasteiger partial charge on any atom is 0.391 e. The molecule has 1 N–H and O–H groups in total. The molecule has 5 heteroatoms. The summed E-state index contributed by atoms with van der Waals surface area (Å²) in [4.78, 5) is 0. The zero-order valence-electron chi connectivity index (χ0n) is 10.6. The molecule has 0 aliphatic rings. The predicted molar refractivity (Wildman–Crippen MR) is 64.5 cm³/mol. The zero-order chi connectivity index (χ0) is 13.6. The zero-order valence-corrected chi connectivity index (χ0v) is 10.6. The van der Waals surface area contributed by atoms with E-state index in [2.05, 4.69) is 5.32 Å². The van der Waals surface area contributed by atoms with Gasteiger partial charge >= 0.3 is 6.18 Å². The molecule has 0 radical (unpaired) electrons. The molecule has 0 saturated carbocycles. The maximum absolute atomic E-state index is 11.9. The van der Waals surface area contributed by atoms with E-state index >= 15 is 0 Å². The average molecular weight is 261 g/mol. The van der Waals surface area contributed by atoms with Crippen molar-refractivity contribution >= 4 is 0 Å². The molecule has 0 fully saturated rings. The van der Waals surface area contributed by atoms with E-state index in [0.29, 0.717) is 0 Å². The van der Waals surface area contributed by atoms with Crippen LogP contribution in [0.1, 0.15) is 23.6 Å². The quantitative estimate of drug-likeness (QED) is 0.794. The minimum atomic E-state index is -4.15. The Hall–Kier alpha value is -1.07. The third kappa shape index (κ3) is 5.51. The van der Waals surface area contributed by atoms with Crippen molar-refractivity contribution in [3.8, 4) is 0 Å². The molecule has 2 nitrogen and oxygen atoms in total. The molecule has 1 aromatic rings. The van der Waals surface area contributed by atoms with E-state index in [4.69, 9.17) is 4.74 Å². The van der Waals surface area contributed by atoms with Crippen LogP contribution in [0.3, 0.4) is 0 Å². The molecule has 0 bridgehead atoms. The fourth-order valence-corrected chi connectivity index (χ4v) is 1.53. The monoisotopic (exact) mass is 261 g/mol. The molecule has 102 valence electrons. The first kappa shape index (κ1) is 15.0. The van der Waals surface area contributed by atoms with Gasteiger partial charge in [-0.3, -0.25) is 0 Å². The molecule has 0 aliphatic heterocycles. The number of halogens is 3. The molecule has 1 unspecified atom stereocenters. The van der Waals surface area contributed by atoms with E-state index in [0.717, 1.165) is 11.1 Å². The minimum absolute atomic E-state index is 0.0844. The van der Waals surface area contributed by atoms with Crippen molar-refractivity contribution < 1.29 is 17.9 Å². The van der Waals surface area contributed by atoms with E-state index in [9.17, 15) is 13.2 Å². The Morgan fingerprint density at radius 2 is 1.83 bits per heavy atom. The van der Waals surface area contributed by atoms with Crippen LogP contribution in [0.2, 0.25) is 0 Å². The number of ether oxygens (including phenoxy) is 1. The molecule has 0 amide bonds. The third-order valence-electron chi connectivity index (χ3n) is 2.64. The van der Waals surface area contributed by atoms with E-state index < -0.39 is 12.6 Å². The first-order chi connectivity index (χ1) is 8.42. The first-order valence-corrected chi connectivity index (χ1v) is 5.80. The van der Waals surface area contributed by atoms with Crippen molar-refractivity contribution in [3.05, 3.63) is 35.4 Å². The number of likely N-dealkylation sites (N-methyl/N-ethyl adjacent to an activating group) is 1. The van der Waals surface area contributed by atoms with Crippen LogP contribution in [-0.2, 0) is 4.74 Å². The lowest BCUT2D eigenvalue weighted by molar-refractivity contribution is -0.145. The van der Waals surface area contributed by atoms with Gasteiger partial charge in [0.15, 0.2) is 0 Å². The highest BCUT2D eigenvalue weighted by atomic mass is 19.4. The summed E-state index contributed by atoms with van der Waals surface area (Å²) in [6.07, 6.45) is -5.06. The van der Waals surface area contributed by atoms with Crippen LogP contribution in [0.4, 0.5) is 13.2 Å². The van der Waals surface area contributed by atoms with Gasteiger partial charge in [0, 0.05) is 0 Å². The van der Waals surface area contributed by atoms with E-state index in [1.165, 1.54) is 0 Å². The summed E-state index contributed by atoms with van der Waals surface area (Å²) in [6, 6.07) is 7.75. The fraction of sp³-hybridized carbons (Fsp3) is 0.538. The lowest BCUT2D eigenvalue weighted by atomic mass is 10.1. The standard InChI is InChI=1S/C13H18F3NO/c1-10-3-5-11(6-4-10)12(17-2)9-18-8-7-13(14,15)16/h3-6,12,17H,7-9H2,1-2H3. The summed E-state index contributed by atoms with van der Waals surface area (Å²) in [6.45, 7) is 1.92. The maximum atomic E-state index is 11.9. The van der Waals surface area contributed by atoms with E-state index in [1.54, 1.807) is 7.05 Å². The Balaban J connectivity index is 2.40. The highest BCUT2D eigenvalue weighted by molar-refractivity contribution is 5.24. The van der Waals surface area contributed by atoms with Crippen LogP contribution >= 0.6 is 0 Å². The Morgan fingerprint density at radius 3 is 2.33 bits per heavy atom. The van der Waals surface area contributed by atoms with Gasteiger partial charge in [0.1, 0.15) is 0 Å². The van der Waals surface area contributed by atoms with Crippen molar-refractivity contribution in [3.63, 3.8) is 0 Å². The molecule has 1 atom stereocenters. The molecule has 0 spiro atoms. The van der Waals surface area contributed by atoms with E-state index in [1.807, 2.05) is 31.2 Å². The normalized spacial score (nSPS) is 13.6. The highest BCUT2D eigenvalue weighted by Crippen LogP contribution is 2.20. The van der Waals surface area contributed by atoms with Gasteiger partial charge in [-0.15, -0.1) is 0 Å². The smallest absolute Gasteiger partial charge is 0.379 e. The van der Waals surface area contributed by atoms with Crippen LogP contribution in [-0.4, -0.2) is 26.4 Å². The summed E-state index contributed by atoms with van der Waals surface area (Å²) < 4.78 is 40.9.